The number of aryl methyl sites for hydroxylation is 2. The highest BCUT2D eigenvalue weighted by atomic mass is 19.4. The summed E-state index contributed by atoms with van der Waals surface area (Å²) in [5, 5.41) is 3.63. The van der Waals surface area contributed by atoms with Gasteiger partial charge in [0.2, 0.25) is 11.8 Å². The summed E-state index contributed by atoms with van der Waals surface area (Å²) >= 11 is 0. The van der Waals surface area contributed by atoms with Gasteiger partial charge in [-0.2, -0.15) is 18.2 Å². The Labute approximate surface area is 120 Å². The van der Waals surface area contributed by atoms with E-state index >= 15 is 0 Å². The third-order valence-corrected chi connectivity index (χ3v) is 3.59. The summed E-state index contributed by atoms with van der Waals surface area (Å²) in [6, 6.07) is 0. The molecule has 1 aromatic heterocycles. The number of piperidine rings is 1. The van der Waals surface area contributed by atoms with E-state index in [1.54, 1.807) is 6.92 Å². The van der Waals surface area contributed by atoms with E-state index in [1.165, 1.54) is 4.90 Å². The Morgan fingerprint density at radius 1 is 1.48 bits per heavy atom. The van der Waals surface area contributed by atoms with Gasteiger partial charge in [-0.1, -0.05) is 5.16 Å². The van der Waals surface area contributed by atoms with Crippen LogP contribution >= 0.6 is 0 Å². The minimum atomic E-state index is -4.22. The Morgan fingerprint density at radius 3 is 2.86 bits per heavy atom. The van der Waals surface area contributed by atoms with Crippen LogP contribution < -0.4 is 0 Å². The van der Waals surface area contributed by atoms with Crippen LogP contribution in [0.3, 0.4) is 0 Å². The molecule has 1 atom stereocenters. The lowest BCUT2D eigenvalue weighted by Crippen LogP contribution is -2.44. The van der Waals surface area contributed by atoms with Crippen LogP contribution in [0.1, 0.15) is 37.4 Å². The van der Waals surface area contributed by atoms with Crippen molar-refractivity contribution in [1.29, 1.82) is 0 Å². The molecular weight excluding hydrogens is 287 g/mol. The van der Waals surface area contributed by atoms with E-state index in [2.05, 4.69) is 10.1 Å². The lowest BCUT2D eigenvalue weighted by molar-refractivity contribution is -0.188. The molecule has 0 bridgehead atoms. The molecule has 0 radical (unpaired) electrons. The number of likely N-dealkylation sites (tertiary alicyclic amines) is 1. The third-order valence-electron chi connectivity index (χ3n) is 3.59. The standard InChI is InChI=1S/C13H18F3N3O2/c1-9-17-11(21-18-9)5-2-6-12(20)19-7-3-4-10(8-19)13(14,15)16/h10H,2-8H2,1H3/t10-/m0/s1. The van der Waals surface area contributed by atoms with Gasteiger partial charge in [0.15, 0.2) is 5.82 Å². The van der Waals surface area contributed by atoms with E-state index in [0.717, 1.165) is 0 Å². The zero-order valence-corrected chi connectivity index (χ0v) is 11.8. The molecule has 2 heterocycles. The fraction of sp³-hybridized carbons (Fsp3) is 0.769. The van der Waals surface area contributed by atoms with Crippen LogP contribution in [-0.4, -0.2) is 40.2 Å². The number of alkyl halides is 3. The van der Waals surface area contributed by atoms with E-state index in [-0.39, 0.29) is 25.3 Å². The number of hydrogen-bond acceptors (Lipinski definition) is 4. The van der Waals surface area contributed by atoms with E-state index in [4.69, 9.17) is 4.52 Å². The summed E-state index contributed by atoms with van der Waals surface area (Å²) in [4.78, 5) is 17.3. The third kappa shape index (κ3) is 4.44. The fourth-order valence-corrected chi connectivity index (χ4v) is 2.46. The average molecular weight is 305 g/mol. The van der Waals surface area contributed by atoms with Crippen molar-refractivity contribution in [2.24, 2.45) is 5.92 Å². The number of hydrogen-bond donors (Lipinski definition) is 0. The topological polar surface area (TPSA) is 59.2 Å². The maximum atomic E-state index is 12.7. The van der Waals surface area contributed by atoms with Crippen molar-refractivity contribution in [3.63, 3.8) is 0 Å². The van der Waals surface area contributed by atoms with Crippen molar-refractivity contribution < 1.29 is 22.5 Å². The van der Waals surface area contributed by atoms with Gasteiger partial charge >= 0.3 is 6.18 Å². The van der Waals surface area contributed by atoms with Gasteiger partial charge in [0.1, 0.15) is 0 Å². The van der Waals surface area contributed by atoms with Crippen LogP contribution in [0, 0.1) is 12.8 Å². The number of rotatable bonds is 4. The monoisotopic (exact) mass is 305 g/mol. The molecule has 0 N–H and O–H groups in total. The smallest absolute Gasteiger partial charge is 0.342 e. The van der Waals surface area contributed by atoms with Gasteiger partial charge in [-0.3, -0.25) is 4.79 Å². The Balaban J connectivity index is 1.77. The highest BCUT2D eigenvalue weighted by Gasteiger charge is 2.42. The summed E-state index contributed by atoms with van der Waals surface area (Å²) in [7, 11) is 0. The summed E-state index contributed by atoms with van der Waals surface area (Å²) in [5.41, 5.74) is 0. The molecule has 1 aromatic rings. The molecule has 21 heavy (non-hydrogen) atoms. The van der Waals surface area contributed by atoms with Crippen LogP contribution in [-0.2, 0) is 11.2 Å². The highest BCUT2D eigenvalue weighted by Crippen LogP contribution is 2.33. The van der Waals surface area contributed by atoms with Crippen LogP contribution in [0.25, 0.3) is 0 Å². The molecule has 8 heteroatoms. The number of carbonyl (C=O) groups is 1. The highest BCUT2D eigenvalue weighted by molar-refractivity contribution is 5.76. The number of carbonyl (C=O) groups excluding carboxylic acids is 1. The molecule has 5 nitrogen and oxygen atoms in total. The maximum absolute atomic E-state index is 12.7. The molecule has 0 spiro atoms. The molecule has 2 rings (SSSR count). The second-order valence-electron chi connectivity index (χ2n) is 5.31. The van der Waals surface area contributed by atoms with Gasteiger partial charge < -0.3 is 9.42 Å². The van der Waals surface area contributed by atoms with Gasteiger partial charge in [0.05, 0.1) is 5.92 Å². The number of amides is 1. The van der Waals surface area contributed by atoms with E-state index in [0.29, 0.717) is 37.5 Å². The average Bonchev–Trinajstić information content (AvgIpc) is 2.83. The molecule has 1 aliphatic heterocycles. The van der Waals surface area contributed by atoms with E-state index < -0.39 is 12.1 Å². The number of aromatic nitrogens is 2. The molecular formula is C13H18F3N3O2. The van der Waals surface area contributed by atoms with Crippen molar-refractivity contribution in [3.8, 4) is 0 Å². The second-order valence-corrected chi connectivity index (χ2v) is 5.31. The van der Waals surface area contributed by atoms with Crippen molar-refractivity contribution in [3.05, 3.63) is 11.7 Å². The molecule has 1 saturated heterocycles. The molecule has 0 unspecified atom stereocenters. The largest absolute Gasteiger partial charge is 0.393 e. The van der Waals surface area contributed by atoms with Crippen LogP contribution in [0.4, 0.5) is 13.2 Å². The summed E-state index contributed by atoms with van der Waals surface area (Å²) in [6.07, 6.45) is -2.56. The first kappa shape index (κ1) is 15.8. The molecule has 0 aromatic carbocycles. The number of nitrogens with zero attached hydrogens (tertiary/aromatic N) is 3. The first-order valence-electron chi connectivity index (χ1n) is 7.00. The van der Waals surface area contributed by atoms with E-state index in [9.17, 15) is 18.0 Å². The summed E-state index contributed by atoms with van der Waals surface area (Å²) in [6.45, 7) is 1.89. The maximum Gasteiger partial charge on any atom is 0.393 e. The van der Waals surface area contributed by atoms with Crippen molar-refractivity contribution in [2.75, 3.05) is 13.1 Å². The molecule has 0 saturated carbocycles. The summed E-state index contributed by atoms with van der Waals surface area (Å²) < 4.78 is 43.0. The molecule has 118 valence electrons. The zero-order chi connectivity index (χ0) is 15.5. The predicted molar refractivity (Wildman–Crippen MR) is 67.3 cm³/mol. The van der Waals surface area contributed by atoms with Crippen molar-refractivity contribution >= 4 is 5.91 Å². The molecule has 1 fully saturated rings. The van der Waals surface area contributed by atoms with E-state index in [1.807, 2.05) is 0 Å². The molecule has 1 aliphatic rings. The number of halogens is 3. The molecule has 1 amide bonds. The van der Waals surface area contributed by atoms with Gasteiger partial charge in [-0.15, -0.1) is 0 Å². The first-order chi connectivity index (χ1) is 9.86. The van der Waals surface area contributed by atoms with Crippen LogP contribution in [0.15, 0.2) is 4.52 Å². The molecule has 0 aliphatic carbocycles. The zero-order valence-electron chi connectivity index (χ0n) is 11.8. The van der Waals surface area contributed by atoms with Crippen molar-refractivity contribution in [1.82, 2.24) is 15.0 Å². The van der Waals surface area contributed by atoms with Gasteiger partial charge in [0, 0.05) is 25.9 Å². The Kier molecular flexibility index (Phi) is 4.84. The van der Waals surface area contributed by atoms with Gasteiger partial charge in [0.25, 0.3) is 0 Å². The Hall–Kier alpha value is -1.60. The van der Waals surface area contributed by atoms with Crippen LogP contribution in [0.5, 0.6) is 0 Å². The minimum Gasteiger partial charge on any atom is -0.342 e. The van der Waals surface area contributed by atoms with Crippen LogP contribution in [0.2, 0.25) is 0 Å². The normalized spacial score (nSPS) is 19.8. The Morgan fingerprint density at radius 2 is 2.24 bits per heavy atom. The predicted octanol–water partition coefficient (Wildman–Crippen LogP) is 2.50. The summed E-state index contributed by atoms with van der Waals surface area (Å²) in [5.74, 6) is -0.651. The first-order valence-corrected chi connectivity index (χ1v) is 7.00. The second kappa shape index (κ2) is 6.44. The Bertz CT molecular complexity index is 487. The van der Waals surface area contributed by atoms with Gasteiger partial charge in [-0.05, 0) is 26.2 Å². The lowest BCUT2D eigenvalue weighted by Gasteiger charge is -2.33. The SMILES string of the molecule is Cc1noc(CCCC(=O)N2CCC[C@H](C(F)(F)F)C2)n1. The van der Waals surface area contributed by atoms with Crippen molar-refractivity contribution in [2.45, 2.75) is 45.2 Å². The lowest BCUT2D eigenvalue weighted by atomic mass is 9.97. The minimum absolute atomic E-state index is 0.106. The van der Waals surface area contributed by atoms with Gasteiger partial charge in [-0.25, -0.2) is 0 Å². The fourth-order valence-electron chi connectivity index (χ4n) is 2.46. The quantitative estimate of drug-likeness (QED) is 0.857.